The predicted octanol–water partition coefficient (Wildman–Crippen LogP) is 8.06. The van der Waals surface area contributed by atoms with Crippen LogP contribution in [0.15, 0.2) is 98.1 Å². The van der Waals surface area contributed by atoms with E-state index in [2.05, 4.69) is 103 Å². The second-order valence-corrected chi connectivity index (χ2v) is 16.9. The Morgan fingerprint density at radius 1 is 0.594 bits per heavy atom. The van der Waals surface area contributed by atoms with Crippen molar-refractivity contribution in [3.8, 4) is 22.3 Å². The number of likely N-dealkylation sites (tertiary alicyclic amines) is 1. The lowest BCUT2D eigenvalue weighted by Crippen LogP contribution is -2.60. The van der Waals surface area contributed by atoms with E-state index in [1.807, 2.05) is 82.8 Å². The van der Waals surface area contributed by atoms with Crippen molar-refractivity contribution in [2.45, 2.75) is 71.6 Å². The average molecular weight is 862 g/mol. The topological polar surface area (TPSA) is 185 Å². The number of rotatable bonds is 16. The molecule has 1 fully saturated rings. The minimum absolute atomic E-state index is 0.0247. The van der Waals surface area contributed by atoms with E-state index in [1.54, 1.807) is 26.6 Å². The third-order valence-electron chi connectivity index (χ3n) is 11.2. The number of anilines is 4. The first-order valence-electron chi connectivity index (χ1n) is 21.6. The molecule has 330 valence electrons. The Labute approximate surface area is 372 Å². The Hall–Kier alpha value is -6.82. The van der Waals surface area contributed by atoms with E-state index >= 15 is 0 Å². The summed E-state index contributed by atoms with van der Waals surface area (Å²) < 4.78 is 14.5. The third-order valence-corrected chi connectivity index (χ3v) is 11.2. The van der Waals surface area contributed by atoms with Gasteiger partial charge in [0.1, 0.15) is 11.6 Å². The number of ether oxygens (including phenoxy) is 2. The van der Waals surface area contributed by atoms with Gasteiger partial charge < -0.3 is 20.1 Å². The molecule has 0 amide bonds. The van der Waals surface area contributed by atoms with Crippen molar-refractivity contribution in [3.05, 3.63) is 109 Å². The van der Waals surface area contributed by atoms with Gasteiger partial charge in [0.2, 0.25) is 0 Å². The molecular weight excluding hydrogens is 807 g/mol. The molecule has 9 heterocycles. The van der Waals surface area contributed by atoms with Crippen LogP contribution in [0.1, 0.15) is 64.0 Å². The highest BCUT2D eigenvalue weighted by atomic mass is 16.5. The van der Waals surface area contributed by atoms with Gasteiger partial charge >= 0.3 is 0 Å². The van der Waals surface area contributed by atoms with E-state index in [0.717, 1.165) is 88.0 Å². The number of nitrogens with one attached hydrogen (secondary N) is 2. The van der Waals surface area contributed by atoms with Crippen molar-refractivity contribution in [2.75, 3.05) is 51.1 Å². The molecule has 8 aromatic rings. The fraction of sp³-hybridized carbons (Fsp3) is 0.362. The van der Waals surface area contributed by atoms with E-state index in [9.17, 15) is 0 Å². The fourth-order valence-corrected chi connectivity index (χ4v) is 7.35. The summed E-state index contributed by atoms with van der Waals surface area (Å²) in [6.45, 7) is 15.9. The number of hydrogen-bond donors (Lipinski definition) is 2. The number of aromatic nitrogens is 12. The van der Waals surface area contributed by atoms with Crippen molar-refractivity contribution < 1.29 is 9.47 Å². The third kappa shape index (κ3) is 10.9. The van der Waals surface area contributed by atoms with Crippen LogP contribution in [0.5, 0.6) is 0 Å². The smallest absolute Gasteiger partial charge is 0.154 e. The zero-order valence-corrected chi connectivity index (χ0v) is 37.5. The van der Waals surface area contributed by atoms with E-state index in [-0.39, 0.29) is 5.60 Å². The molecule has 0 saturated carbocycles. The molecule has 1 aliphatic heterocycles. The number of hydrogen-bond acceptors (Lipinski definition) is 15. The Morgan fingerprint density at radius 2 is 1.11 bits per heavy atom. The van der Waals surface area contributed by atoms with Crippen LogP contribution in [0.3, 0.4) is 0 Å². The molecule has 17 heteroatoms. The van der Waals surface area contributed by atoms with Gasteiger partial charge in [-0.2, -0.15) is 20.4 Å². The highest BCUT2D eigenvalue weighted by Crippen LogP contribution is 2.27. The maximum Gasteiger partial charge on any atom is 0.154 e. The van der Waals surface area contributed by atoms with Gasteiger partial charge in [-0.3, -0.25) is 24.2 Å². The van der Waals surface area contributed by atoms with Crippen molar-refractivity contribution in [2.24, 2.45) is 0 Å². The molecule has 1 saturated heterocycles. The SMILES string of the molecule is COC1(C)CN(CCCn2cc(-c3cnc4ccc(Nc5cc(C(C)C)cnn5)nc4c3)cn2)C1.COCCn1cc(-c2cnc3ccc(Nc4cc(C(C)C)cnn4)nc3c2)cn1. The van der Waals surface area contributed by atoms with Crippen LogP contribution < -0.4 is 10.6 Å². The summed E-state index contributed by atoms with van der Waals surface area (Å²) in [6.07, 6.45) is 16.1. The molecule has 8 aromatic heterocycles. The molecule has 64 heavy (non-hydrogen) atoms. The second kappa shape index (κ2) is 19.7. The van der Waals surface area contributed by atoms with Gasteiger partial charge in [0.05, 0.1) is 65.6 Å². The largest absolute Gasteiger partial charge is 0.383 e. The lowest BCUT2D eigenvalue weighted by Gasteiger charge is -2.47. The van der Waals surface area contributed by atoms with Crippen LogP contribution in [0.4, 0.5) is 23.3 Å². The zero-order chi connectivity index (χ0) is 44.6. The zero-order valence-electron chi connectivity index (χ0n) is 37.5. The van der Waals surface area contributed by atoms with Crippen LogP contribution in [-0.2, 0) is 22.6 Å². The van der Waals surface area contributed by atoms with Gasteiger partial charge in [0, 0.05) is 87.4 Å². The number of fused-ring (bicyclic) bond motifs is 2. The monoisotopic (exact) mass is 861 g/mol. The number of methoxy groups -OCH3 is 2. The summed E-state index contributed by atoms with van der Waals surface area (Å²) in [4.78, 5) is 21.0. The standard InChI is InChI=1S/C26H32N8O.C21H23N7O/c1-18(2)19-11-25(32-28-13-19)31-24-7-6-22-23(30-24)10-20(12-27-22)21-14-29-34(15-21)9-5-8-33-16-26(3,17-33)35-4;1-14(2)15-9-21(27-23-11-15)26-20-5-4-18-19(25-20)8-16(10-22-18)17-12-24-28(13-17)6-7-29-3/h6-7,10-15,18H,5,8-9,16-17H2,1-4H3,(H,30,31,32);4-5,8-14H,6-7H2,1-3H3,(H,25,26,27). The first-order valence-corrected chi connectivity index (χ1v) is 21.6. The van der Waals surface area contributed by atoms with Gasteiger partial charge in [-0.1, -0.05) is 27.7 Å². The molecule has 0 radical (unpaired) electrons. The van der Waals surface area contributed by atoms with Crippen molar-refractivity contribution in [1.82, 2.24) is 64.8 Å². The summed E-state index contributed by atoms with van der Waals surface area (Å²) >= 11 is 0. The number of aryl methyl sites for hydroxylation is 1. The first-order chi connectivity index (χ1) is 31.0. The van der Waals surface area contributed by atoms with Crippen LogP contribution in [0.2, 0.25) is 0 Å². The highest BCUT2D eigenvalue weighted by molar-refractivity contribution is 5.83. The summed E-state index contributed by atoms with van der Waals surface area (Å²) in [6, 6.07) is 15.8. The lowest BCUT2D eigenvalue weighted by atomic mass is 9.96. The maximum absolute atomic E-state index is 5.52. The van der Waals surface area contributed by atoms with Gasteiger partial charge in [-0.25, -0.2) is 9.97 Å². The molecule has 0 atom stereocenters. The molecule has 1 aliphatic rings. The summed E-state index contributed by atoms with van der Waals surface area (Å²) in [5.74, 6) is 3.52. The Balaban J connectivity index is 0.000000178. The molecular formula is C47H55N15O2. The van der Waals surface area contributed by atoms with Crippen LogP contribution >= 0.6 is 0 Å². The minimum atomic E-state index is 0.0247. The van der Waals surface area contributed by atoms with E-state index in [4.69, 9.17) is 19.4 Å². The first kappa shape index (κ1) is 43.8. The Kier molecular flexibility index (Phi) is 13.5. The fourth-order valence-electron chi connectivity index (χ4n) is 7.35. The molecule has 0 aromatic carbocycles. The summed E-state index contributed by atoms with van der Waals surface area (Å²) in [5.41, 5.74) is 9.53. The molecule has 0 bridgehead atoms. The van der Waals surface area contributed by atoms with Crippen molar-refractivity contribution in [1.29, 1.82) is 0 Å². The van der Waals surface area contributed by atoms with Gasteiger partial charge in [0.25, 0.3) is 0 Å². The quantitative estimate of drug-likeness (QED) is 0.0950. The van der Waals surface area contributed by atoms with Gasteiger partial charge in [-0.05, 0) is 84.8 Å². The van der Waals surface area contributed by atoms with Crippen molar-refractivity contribution >= 4 is 45.3 Å². The maximum atomic E-state index is 5.52. The molecule has 0 aliphatic carbocycles. The van der Waals surface area contributed by atoms with E-state index in [0.29, 0.717) is 48.3 Å². The molecule has 2 N–H and O–H groups in total. The van der Waals surface area contributed by atoms with E-state index < -0.39 is 0 Å². The Bertz CT molecular complexity index is 2820. The lowest BCUT2D eigenvalue weighted by molar-refractivity contribution is -0.111. The van der Waals surface area contributed by atoms with Crippen LogP contribution in [0.25, 0.3) is 44.3 Å². The second-order valence-electron chi connectivity index (χ2n) is 16.9. The van der Waals surface area contributed by atoms with Gasteiger partial charge in [-0.15, -0.1) is 10.2 Å². The molecule has 17 nitrogen and oxygen atoms in total. The summed E-state index contributed by atoms with van der Waals surface area (Å²) in [7, 11) is 3.47. The molecule has 9 rings (SSSR count). The summed E-state index contributed by atoms with van der Waals surface area (Å²) in [5, 5.41) is 31.9. The Morgan fingerprint density at radius 3 is 1.59 bits per heavy atom. The van der Waals surface area contributed by atoms with Crippen LogP contribution in [-0.4, -0.2) is 111 Å². The molecule has 0 unspecified atom stereocenters. The van der Waals surface area contributed by atoms with E-state index in [1.165, 1.54) is 0 Å². The number of nitrogens with zero attached hydrogens (tertiary/aromatic N) is 13. The highest BCUT2D eigenvalue weighted by Gasteiger charge is 2.38. The minimum Gasteiger partial charge on any atom is -0.383 e. The number of pyridine rings is 4. The van der Waals surface area contributed by atoms with Crippen LogP contribution in [0, 0.1) is 0 Å². The van der Waals surface area contributed by atoms with Gasteiger partial charge in [0.15, 0.2) is 11.6 Å². The van der Waals surface area contributed by atoms with Crippen molar-refractivity contribution in [3.63, 3.8) is 0 Å². The molecule has 0 spiro atoms. The predicted molar refractivity (Wildman–Crippen MR) is 249 cm³/mol. The average Bonchev–Trinajstić information content (AvgIpc) is 3.98. The normalized spacial score (nSPS) is 13.6.